The van der Waals surface area contributed by atoms with E-state index >= 15 is 0 Å². The van der Waals surface area contributed by atoms with Crippen LogP contribution in [0.5, 0.6) is 0 Å². The number of urea groups is 1. The third-order valence-electron chi connectivity index (χ3n) is 1.09. The van der Waals surface area contributed by atoms with E-state index in [0.717, 1.165) is 0 Å². The van der Waals surface area contributed by atoms with Gasteiger partial charge in [0.2, 0.25) is 0 Å². The van der Waals surface area contributed by atoms with E-state index in [9.17, 15) is 31.4 Å². The molecule has 0 saturated carbocycles. The second-order valence-corrected chi connectivity index (χ2v) is 2.12. The van der Waals surface area contributed by atoms with Gasteiger partial charge in [-0.05, 0) is 6.92 Å². The summed E-state index contributed by atoms with van der Waals surface area (Å²) in [5, 5.41) is -4.22. The van der Waals surface area contributed by atoms with Crippen LogP contribution >= 0.6 is 0 Å². The lowest BCUT2D eigenvalue weighted by Crippen LogP contribution is -2.48. The van der Waals surface area contributed by atoms with Gasteiger partial charge < -0.3 is 0 Å². The maximum atomic E-state index is 12.4. The molecule has 0 aromatic carbocycles. The highest BCUT2D eigenvalue weighted by Gasteiger charge is 2.47. The van der Waals surface area contributed by atoms with E-state index in [0.29, 0.717) is 0 Å². The molecule has 0 bridgehead atoms. The summed E-state index contributed by atoms with van der Waals surface area (Å²) < 4.78 is 70.4. The predicted octanol–water partition coefficient (Wildman–Crippen LogP) is 2.31. The fourth-order valence-electron chi connectivity index (χ4n) is 0.339. The topological polar surface area (TPSA) is 23.6 Å². The molecule has 0 rings (SSSR count). The molecule has 0 aromatic heterocycles. The molecule has 2 amide bonds. The van der Waals surface area contributed by atoms with Crippen LogP contribution in [0.4, 0.5) is 31.4 Å². The summed E-state index contributed by atoms with van der Waals surface area (Å²) in [5.74, 6) is -4.08. The molecule has 0 radical (unpaired) electrons. The summed E-state index contributed by atoms with van der Waals surface area (Å²) in [7, 11) is 0. The quantitative estimate of drug-likeness (QED) is 0.389. The maximum Gasteiger partial charge on any atom is 0.409 e. The molecule has 0 saturated heterocycles. The van der Waals surface area contributed by atoms with Gasteiger partial charge in [0.1, 0.15) is 0 Å². The largest absolute Gasteiger partial charge is 0.409 e. The van der Waals surface area contributed by atoms with Crippen LogP contribution in [0.1, 0.15) is 6.92 Å². The highest BCUT2D eigenvalue weighted by Crippen LogP contribution is 2.26. The average molecular weight is 210 g/mol. The Balaban J connectivity index is 4.58. The number of amides is 2. The van der Waals surface area contributed by atoms with Gasteiger partial charge in [0, 0.05) is 5.34 Å². The van der Waals surface area contributed by atoms with Crippen molar-refractivity contribution in [3.63, 3.8) is 0 Å². The number of carbonyl (C=O) groups is 1. The van der Waals surface area contributed by atoms with Crippen molar-refractivity contribution < 1.29 is 31.4 Å². The van der Waals surface area contributed by atoms with Crippen molar-refractivity contribution in [2.45, 2.75) is 19.1 Å². The van der Waals surface area contributed by atoms with E-state index in [4.69, 9.17) is 0 Å². The van der Waals surface area contributed by atoms with Crippen molar-refractivity contribution in [3.8, 4) is 0 Å². The second kappa shape index (κ2) is 3.71. The summed E-state index contributed by atoms with van der Waals surface area (Å²) in [6.07, 6.45) is -3.93. The van der Waals surface area contributed by atoms with Crippen LogP contribution in [0.2, 0.25) is 0 Å². The minimum absolute atomic E-state index is 0.0426. The van der Waals surface area contributed by atoms with Gasteiger partial charge in [-0.1, -0.05) is 13.4 Å². The van der Waals surface area contributed by atoms with Crippen molar-refractivity contribution in [2.75, 3.05) is 0 Å². The zero-order valence-corrected chi connectivity index (χ0v) is 6.15. The van der Waals surface area contributed by atoms with Crippen molar-refractivity contribution in [2.24, 2.45) is 0 Å². The lowest BCUT2D eigenvalue weighted by atomic mass is 10.3. The number of halogens is 6. The second-order valence-electron chi connectivity index (χ2n) is 2.12. The summed E-state index contributed by atoms with van der Waals surface area (Å²) in [5.41, 5.74) is 0. The Bertz CT molecular complexity index is 195. The molecule has 1 unspecified atom stereocenters. The average Bonchev–Trinajstić information content (AvgIpc) is 2.01. The smallest absolute Gasteiger partial charge is 0.240 e. The van der Waals surface area contributed by atoms with E-state index in [2.05, 4.69) is 0 Å². The molecule has 0 aliphatic heterocycles. The Morgan fingerprint density at radius 1 is 1.31 bits per heavy atom. The van der Waals surface area contributed by atoms with E-state index in [1.807, 2.05) is 0 Å². The highest BCUT2D eigenvalue weighted by atomic mass is 19.4. The summed E-state index contributed by atoms with van der Waals surface area (Å²) >= 11 is 0. The molecule has 0 fully saturated rings. The number of hydrogen-bond donors (Lipinski definition) is 0. The Labute approximate surface area is 68.3 Å². The normalized spacial score (nSPS) is 15.4. The molecule has 78 valence electrons. The molecule has 0 N–H and O–H groups in total. The van der Waals surface area contributed by atoms with Crippen molar-refractivity contribution in [3.05, 3.63) is 0 Å². The molecular formula is C4H4F6N2O. The lowest BCUT2D eigenvalue weighted by molar-refractivity contribution is -0.211. The van der Waals surface area contributed by atoms with Gasteiger partial charge >= 0.3 is 6.03 Å². The van der Waals surface area contributed by atoms with Crippen LogP contribution < -0.4 is 0 Å². The van der Waals surface area contributed by atoms with Gasteiger partial charge in [-0.2, -0.15) is 0 Å². The van der Waals surface area contributed by atoms with Crippen LogP contribution in [0.3, 0.4) is 0 Å². The fourth-order valence-corrected chi connectivity index (χ4v) is 0.339. The molecule has 3 nitrogen and oxygen atoms in total. The summed E-state index contributed by atoms with van der Waals surface area (Å²) in [6.45, 7) is -0.0426. The molecule has 1 atom stereocenters. The molecular weight excluding hydrogens is 206 g/mol. The van der Waals surface area contributed by atoms with Crippen LogP contribution in [-0.2, 0) is 0 Å². The minimum atomic E-state index is -4.08. The van der Waals surface area contributed by atoms with Crippen molar-refractivity contribution in [1.29, 1.82) is 0 Å². The zero-order valence-electron chi connectivity index (χ0n) is 6.15. The van der Waals surface area contributed by atoms with Gasteiger partial charge in [-0.25, -0.2) is 18.0 Å². The summed E-state index contributed by atoms with van der Waals surface area (Å²) in [4.78, 5) is 9.95. The number of alkyl halides is 3. The van der Waals surface area contributed by atoms with E-state index < -0.39 is 28.7 Å². The van der Waals surface area contributed by atoms with E-state index in [1.54, 1.807) is 0 Å². The van der Waals surface area contributed by atoms with Crippen LogP contribution in [-0.4, -0.2) is 28.7 Å². The van der Waals surface area contributed by atoms with Crippen molar-refractivity contribution in [1.82, 2.24) is 10.5 Å². The number of hydrogen-bond acceptors (Lipinski definition) is 1. The number of nitrogens with zero attached hydrogens (tertiary/aromatic N) is 2. The molecule has 0 aliphatic rings. The first kappa shape index (κ1) is 11.8. The first-order valence-corrected chi connectivity index (χ1v) is 2.80. The zero-order chi connectivity index (χ0) is 10.8. The van der Waals surface area contributed by atoms with Crippen LogP contribution in [0.15, 0.2) is 0 Å². The highest BCUT2D eigenvalue weighted by molar-refractivity contribution is 5.71. The first-order valence-electron chi connectivity index (χ1n) is 2.80. The molecule has 0 heterocycles. The first-order chi connectivity index (χ1) is 5.71. The Morgan fingerprint density at radius 3 is 1.92 bits per heavy atom. The fraction of sp³-hybridized carbons (Fsp3) is 0.750. The Morgan fingerprint density at radius 2 is 1.69 bits per heavy atom. The third kappa shape index (κ3) is 2.39. The SMILES string of the molecule is CC(F)(C(F)F)N(F)C(=O)N(F)F. The van der Waals surface area contributed by atoms with Gasteiger partial charge in [0.25, 0.3) is 12.2 Å². The van der Waals surface area contributed by atoms with Gasteiger partial charge in [-0.15, -0.1) is 5.12 Å². The molecule has 9 heteroatoms. The van der Waals surface area contributed by atoms with Gasteiger partial charge in [0.05, 0.1) is 0 Å². The number of carbonyl (C=O) groups excluding carboxylic acids is 1. The number of rotatable bonds is 2. The predicted molar refractivity (Wildman–Crippen MR) is 27.9 cm³/mol. The van der Waals surface area contributed by atoms with Gasteiger partial charge in [-0.3, -0.25) is 0 Å². The Hall–Kier alpha value is -1.15. The molecule has 13 heavy (non-hydrogen) atoms. The minimum Gasteiger partial charge on any atom is -0.240 e. The third-order valence-corrected chi connectivity index (χ3v) is 1.09. The summed E-state index contributed by atoms with van der Waals surface area (Å²) in [6, 6.07) is -2.80. The van der Waals surface area contributed by atoms with Crippen LogP contribution in [0, 0.1) is 0 Å². The van der Waals surface area contributed by atoms with Crippen molar-refractivity contribution >= 4 is 6.03 Å². The lowest BCUT2D eigenvalue weighted by Gasteiger charge is -2.24. The Kier molecular flexibility index (Phi) is 3.38. The molecule has 0 aliphatic carbocycles. The van der Waals surface area contributed by atoms with Crippen LogP contribution in [0.25, 0.3) is 0 Å². The standard InChI is InChI=1S/C4H4F6N2O/c1-4(7,2(5)6)11(8)3(13)12(9)10/h2H,1H3. The molecule has 0 spiro atoms. The monoisotopic (exact) mass is 210 g/mol. The van der Waals surface area contributed by atoms with Gasteiger partial charge in [0.15, 0.2) is 0 Å². The van der Waals surface area contributed by atoms with E-state index in [-0.39, 0.29) is 6.92 Å². The van der Waals surface area contributed by atoms with E-state index in [1.165, 1.54) is 0 Å². The molecule has 0 aromatic rings. The maximum absolute atomic E-state index is 12.4.